The fraction of sp³-hybridized carbons (Fsp3) is 0.625. The van der Waals surface area contributed by atoms with Crippen molar-refractivity contribution in [3.05, 3.63) is 12.0 Å². The molecular formula is C8H14N2O3. The molecule has 5 nitrogen and oxygen atoms in total. The van der Waals surface area contributed by atoms with Gasteiger partial charge in [-0.1, -0.05) is 0 Å². The van der Waals surface area contributed by atoms with E-state index in [0.717, 1.165) is 0 Å². The standard InChI is InChI=1S/C8H14N2O3/c1-2-11-3-4-12-8-10-7(5-9)6-13-8/h6H,2-5,9H2,1H3. The zero-order valence-electron chi connectivity index (χ0n) is 7.66. The van der Waals surface area contributed by atoms with E-state index in [9.17, 15) is 0 Å². The molecule has 1 aromatic heterocycles. The van der Waals surface area contributed by atoms with E-state index in [2.05, 4.69) is 4.98 Å². The second kappa shape index (κ2) is 5.55. The molecule has 0 fully saturated rings. The van der Waals surface area contributed by atoms with Crippen LogP contribution in [-0.4, -0.2) is 24.8 Å². The van der Waals surface area contributed by atoms with Gasteiger partial charge in [0.25, 0.3) is 0 Å². The van der Waals surface area contributed by atoms with Gasteiger partial charge in [-0.05, 0) is 6.92 Å². The van der Waals surface area contributed by atoms with E-state index in [1.807, 2.05) is 6.92 Å². The molecule has 0 bridgehead atoms. The lowest BCUT2D eigenvalue weighted by Gasteiger charge is -2.00. The molecule has 0 atom stereocenters. The first-order valence-electron chi connectivity index (χ1n) is 4.21. The Labute approximate surface area is 76.8 Å². The van der Waals surface area contributed by atoms with Crippen molar-refractivity contribution < 1.29 is 13.9 Å². The maximum absolute atomic E-state index is 5.34. The van der Waals surface area contributed by atoms with Crippen LogP contribution in [0.1, 0.15) is 12.6 Å². The van der Waals surface area contributed by atoms with E-state index in [0.29, 0.717) is 32.1 Å². The topological polar surface area (TPSA) is 70.5 Å². The third kappa shape index (κ3) is 3.43. The van der Waals surface area contributed by atoms with Crippen LogP contribution in [0.3, 0.4) is 0 Å². The third-order valence-corrected chi connectivity index (χ3v) is 1.40. The van der Waals surface area contributed by atoms with Gasteiger partial charge in [-0.3, -0.25) is 0 Å². The molecular weight excluding hydrogens is 172 g/mol. The zero-order valence-corrected chi connectivity index (χ0v) is 7.66. The number of nitrogens with two attached hydrogens (primary N) is 1. The average molecular weight is 186 g/mol. The quantitative estimate of drug-likeness (QED) is 0.657. The summed E-state index contributed by atoms with van der Waals surface area (Å²) < 4.78 is 15.2. The van der Waals surface area contributed by atoms with Gasteiger partial charge < -0.3 is 19.6 Å². The Balaban J connectivity index is 2.20. The average Bonchev–Trinajstić information content (AvgIpc) is 2.60. The summed E-state index contributed by atoms with van der Waals surface area (Å²) in [5.74, 6) is 0. The molecule has 0 radical (unpaired) electrons. The van der Waals surface area contributed by atoms with Gasteiger partial charge >= 0.3 is 6.08 Å². The Morgan fingerprint density at radius 2 is 2.38 bits per heavy atom. The second-order valence-corrected chi connectivity index (χ2v) is 2.35. The van der Waals surface area contributed by atoms with Crippen molar-refractivity contribution in [2.45, 2.75) is 13.5 Å². The van der Waals surface area contributed by atoms with Crippen molar-refractivity contribution in [1.82, 2.24) is 4.98 Å². The van der Waals surface area contributed by atoms with Crippen molar-refractivity contribution in [3.63, 3.8) is 0 Å². The van der Waals surface area contributed by atoms with Crippen LogP contribution >= 0.6 is 0 Å². The fourth-order valence-electron chi connectivity index (χ4n) is 0.781. The zero-order chi connectivity index (χ0) is 9.52. The Morgan fingerprint density at radius 1 is 1.54 bits per heavy atom. The number of oxazole rings is 1. The molecule has 0 saturated carbocycles. The Hall–Kier alpha value is -1.07. The number of ether oxygens (including phenoxy) is 2. The first-order chi connectivity index (χ1) is 6.36. The molecule has 0 unspecified atom stereocenters. The van der Waals surface area contributed by atoms with Crippen molar-refractivity contribution in [1.29, 1.82) is 0 Å². The molecule has 13 heavy (non-hydrogen) atoms. The summed E-state index contributed by atoms with van der Waals surface area (Å²) in [7, 11) is 0. The lowest BCUT2D eigenvalue weighted by atomic mass is 10.5. The van der Waals surface area contributed by atoms with Gasteiger partial charge in [0.15, 0.2) is 0 Å². The molecule has 0 spiro atoms. The van der Waals surface area contributed by atoms with E-state index in [4.69, 9.17) is 19.6 Å². The summed E-state index contributed by atoms with van der Waals surface area (Å²) >= 11 is 0. The van der Waals surface area contributed by atoms with E-state index >= 15 is 0 Å². The summed E-state index contributed by atoms with van der Waals surface area (Å²) in [5, 5.41) is 0. The molecule has 1 aromatic rings. The molecule has 74 valence electrons. The molecule has 2 N–H and O–H groups in total. The maximum atomic E-state index is 5.34. The number of hydrogen-bond acceptors (Lipinski definition) is 5. The van der Waals surface area contributed by atoms with Gasteiger partial charge in [-0.15, -0.1) is 0 Å². The summed E-state index contributed by atoms with van der Waals surface area (Å²) in [6, 6.07) is 0. The Bertz CT molecular complexity index is 237. The van der Waals surface area contributed by atoms with Crippen LogP contribution in [0.4, 0.5) is 0 Å². The lowest BCUT2D eigenvalue weighted by molar-refractivity contribution is 0.0965. The van der Waals surface area contributed by atoms with E-state index in [1.165, 1.54) is 6.26 Å². The predicted molar refractivity (Wildman–Crippen MR) is 46.4 cm³/mol. The smallest absolute Gasteiger partial charge is 0.393 e. The van der Waals surface area contributed by atoms with Gasteiger partial charge in [0.05, 0.1) is 12.3 Å². The number of aromatic nitrogens is 1. The van der Waals surface area contributed by atoms with Crippen molar-refractivity contribution in [2.24, 2.45) is 5.73 Å². The number of hydrogen-bond donors (Lipinski definition) is 1. The van der Waals surface area contributed by atoms with Gasteiger partial charge in [0.1, 0.15) is 12.9 Å². The maximum Gasteiger partial charge on any atom is 0.393 e. The summed E-state index contributed by atoms with van der Waals surface area (Å²) in [5.41, 5.74) is 6.02. The van der Waals surface area contributed by atoms with Gasteiger partial charge in [-0.2, -0.15) is 4.98 Å². The van der Waals surface area contributed by atoms with Gasteiger partial charge in [0, 0.05) is 13.2 Å². The van der Waals surface area contributed by atoms with Crippen LogP contribution in [-0.2, 0) is 11.3 Å². The fourth-order valence-corrected chi connectivity index (χ4v) is 0.781. The highest BCUT2D eigenvalue weighted by atomic mass is 16.6. The highest BCUT2D eigenvalue weighted by Crippen LogP contribution is 2.08. The summed E-state index contributed by atoms with van der Waals surface area (Å²) in [6.45, 7) is 3.95. The second-order valence-electron chi connectivity index (χ2n) is 2.35. The number of rotatable bonds is 6. The molecule has 0 saturated heterocycles. The van der Waals surface area contributed by atoms with E-state index < -0.39 is 0 Å². The van der Waals surface area contributed by atoms with Crippen LogP contribution in [0.5, 0.6) is 6.08 Å². The van der Waals surface area contributed by atoms with Crippen LogP contribution < -0.4 is 10.5 Å². The minimum absolute atomic E-state index is 0.250. The first kappa shape index (κ1) is 10.0. The Morgan fingerprint density at radius 3 is 3.00 bits per heavy atom. The minimum Gasteiger partial charge on any atom is -0.448 e. The molecule has 0 aromatic carbocycles. The van der Waals surface area contributed by atoms with Crippen molar-refractivity contribution in [2.75, 3.05) is 19.8 Å². The van der Waals surface area contributed by atoms with Crippen LogP contribution in [0.15, 0.2) is 10.7 Å². The third-order valence-electron chi connectivity index (χ3n) is 1.40. The molecule has 1 heterocycles. The number of nitrogens with zero attached hydrogens (tertiary/aromatic N) is 1. The predicted octanol–water partition coefficient (Wildman–Crippen LogP) is 0.549. The minimum atomic E-state index is 0.250. The normalized spacial score (nSPS) is 10.3. The SMILES string of the molecule is CCOCCOc1nc(CN)co1. The monoisotopic (exact) mass is 186 g/mol. The van der Waals surface area contributed by atoms with E-state index in [-0.39, 0.29) is 6.08 Å². The highest BCUT2D eigenvalue weighted by molar-refractivity contribution is 4.98. The molecule has 0 aliphatic rings. The van der Waals surface area contributed by atoms with Crippen molar-refractivity contribution >= 4 is 0 Å². The highest BCUT2D eigenvalue weighted by Gasteiger charge is 2.02. The van der Waals surface area contributed by atoms with Gasteiger partial charge in [-0.25, -0.2) is 0 Å². The summed E-state index contributed by atoms with van der Waals surface area (Å²) in [6.07, 6.45) is 1.73. The van der Waals surface area contributed by atoms with Gasteiger partial charge in [0.2, 0.25) is 0 Å². The molecule has 0 aliphatic heterocycles. The van der Waals surface area contributed by atoms with Crippen LogP contribution in [0, 0.1) is 0 Å². The molecule has 0 amide bonds. The van der Waals surface area contributed by atoms with Crippen molar-refractivity contribution in [3.8, 4) is 6.08 Å². The molecule has 5 heteroatoms. The van der Waals surface area contributed by atoms with E-state index in [1.54, 1.807) is 0 Å². The van der Waals surface area contributed by atoms with Crippen LogP contribution in [0.2, 0.25) is 0 Å². The lowest BCUT2D eigenvalue weighted by Crippen LogP contribution is -2.06. The first-order valence-corrected chi connectivity index (χ1v) is 4.21. The summed E-state index contributed by atoms with van der Waals surface area (Å²) in [4.78, 5) is 3.96. The molecule has 0 aliphatic carbocycles. The molecule has 1 rings (SSSR count). The van der Waals surface area contributed by atoms with Crippen LogP contribution in [0.25, 0.3) is 0 Å². The Kier molecular flexibility index (Phi) is 4.28. The largest absolute Gasteiger partial charge is 0.448 e.